The highest BCUT2D eigenvalue weighted by Crippen LogP contribution is 2.49. The number of benzene rings is 4. The number of carbonyl (C=O) groups is 1. The number of nitrogens with zero attached hydrogens (tertiary/aromatic N) is 6. The summed E-state index contributed by atoms with van der Waals surface area (Å²) in [4.78, 5) is 38.1. The number of halogens is 2. The maximum Gasteiger partial charge on any atom is 0.345 e. The van der Waals surface area contributed by atoms with Crippen LogP contribution in [0.1, 0.15) is 27.9 Å². The number of methoxy groups -OCH3 is 1. The Morgan fingerprint density at radius 1 is 0.939 bits per heavy atom. The first kappa shape index (κ1) is 43.8. The van der Waals surface area contributed by atoms with Gasteiger partial charge in [0.05, 0.1) is 55.7 Å². The summed E-state index contributed by atoms with van der Waals surface area (Å²) in [5.41, 5.74) is 6.75. The maximum atomic E-state index is 14.3. The molecule has 4 aromatic carbocycles. The normalized spacial score (nSPS) is 17.5. The number of thiophene rings is 1. The van der Waals surface area contributed by atoms with Gasteiger partial charge in [-0.3, -0.25) is 9.80 Å². The standard InChI is InChI=1S/C50H46ClFN6O7S/c1-30-37-13-10-33(44(30)51)24-57(26-50(27-63-28-50)58-17-19-62-20-18-58)23-31-7-14-39(64-25-36-15-16-53-46(56-36)38-5-3-4-6-40(38)61-2)34(21-31)22-41(49(59)60)65-47-43-42(37)45(66-48(43)55-29-54-47)32-8-11-35(52)12-9-32/h3-16,21,29,41H,17-20,22-28H2,1-2H3,(H,59,60)/t41-/m1/s1. The Morgan fingerprint density at radius 2 is 1.76 bits per heavy atom. The molecule has 0 spiro atoms. The molecular weight excluding hydrogens is 883 g/mol. The summed E-state index contributed by atoms with van der Waals surface area (Å²) in [5, 5.41) is 12.0. The van der Waals surface area contributed by atoms with Crippen molar-refractivity contribution in [2.24, 2.45) is 0 Å². The number of aromatic nitrogens is 4. The van der Waals surface area contributed by atoms with E-state index in [-0.39, 0.29) is 30.3 Å². The molecule has 3 aromatic heterocycles. The third-order valence-electron chi connectivity index (χ3n) is 12.5. The molecule has 66 heavy (non-hydrogen) atoms. The second-order valence-electron chi connectivity index (χ2n) is 16.8. The fourth-order valence-electron chi connectivity index (χ4n) is 9.16. The van der Waals surface area contributed by atoms with Gasteiger partial charge in [0.1, 0.15) is 35.1 Å². The lowest BCUT2D eigenvalue weighted by Gasteiger charge is -2.52. The molecule has 338 valence electrons. The first-order valence-electron chi connectivity index (χ1n) is 21.7. The Bertz CT molecular complexity index is 2930. The van der Waals surface area contributed by atoms with Crippen molar-refractivity contribution in [1.82, 2.24) is 29.7 Å². The van der Waals surface area contributed by atoms with E-state index in [0.29, 0.717) is 89.9 Å². The summed E-state index contributed by atoms with van der Waals surface area (Å²) in [6.45, 7) is 7.90. The molecule has 4 aliphatic rings. The minimum absolute atomic E-state index is 0.0608. The molecule has 0 radical (unpaired) electrons. The molecule has 13 nitrogen and oxygen atoms in total. The number of morpholine rings is 1. The van der Waals surface area contributed by atoms with Crippen LogP contribution in [-0.2, 0) is 40.4 Å². The van der Waals surface area contributed by atoms with Crippen LogP contribution in [0.25, 0.3) is 43.2 Å². The first-order valence-corrected chi connectivity index (χ1v) is 22.9. The molecule has 11 rings (SSSR count). The van der Waals surface area contributed by atoms with Crippen LogP contribution in [0.3, 0.4) is 0 Å². The first-order chi connectivity index (χ1) is 32.2. The monoisotopic (exact) mass is 928 g/mol. The Hall–Kier alpha value is -6.07. The lowest BCUT2D eigenvalue weighted by molar-refractivity contribution is -0.170. The fourth-order valence-corrected chi connectivity index (χ4v) is 10.5. The van der Waals surface area contributed by atoms with Gasteiger partial charge in [0.15, 0.2) is 5.82 Å². The fraction of sp³-hybridized carbons (Fsp3) is 0.300. The lowest BCUT2D eigenvalue weighted by Crippen LogP contribution is -2.68. The van der Waals surface area contributed by atoms with Gasteiger partial charge in [-0.2, -0.15) is 0 Å². The van der Waals surface area contributed by atoms with Crippen LogP contribution >= 0.6 is 22.9 Å². The molecule has 2 saturated heterocycles. The minimum atomic E-state index is -1.40. The second-order valence-corrected chi connectivity index (χ2v) is 18.2. The van der Waals surface area contributed by atoms with Crippen LogP contribution in [0.5, 0.6) is 17.4 Å². The molecule has 0 amide bonds. The molecule has 16 heteroatoms. The summed E-state index contributed by atoms with van der Waals surface area (Å²) in [6.07, 6.45) is 1.59. The van der Waals surface area contributed by atoms with Crippen LogP contribution in [0.15, 0.2) is 97.5 Å². The third kappa shape index (κ3) is 8.70. The second kappa shape index (κ2) is 18.7. The Labute approximate surface area is 389 Å². The summed E-state index contributed by atoms with van der Waals surface area (Å²) < 4.78 is 44.6. The molecule has 7 aromatic rings. The molecule has 0 unspecified atom stereocenters. The zero-order valence-corrected chi connectivity index (χ0v) is 37.9. The van der Waals surface area contributed by atoms with Crippen LogP contribution in [-0.4, -0.2) is 106 Å². The predicted molar refractivity (Wildman–Crippen MR) is 249 cm³/mol. The van der Waals surface area contributed by atoms with E-state index in [0.717, 1.165) is 56.9 Å². The van der Waals surface area contributed by atoms with Gasteiger partial charge in [0.2, 0.25) is 12.0 Å². The maximum absolute atomic E-state index is 14.3. The number of hydrogen-bond donors (Lipinski definition) is 1. The number of hydrogen-bond acceptors (Lipinski definition) is 13. The zero-order chi connectivity index (χ0) is 45.4. The summed E-state index contributed by atoms with van der Waals surface area (Å²) in [5.74, 6) is 0.159. The number of carboxylic acid groups (broad SMARTS) is 1. The van der Waals surface area contributed by atoms with E-state index in [4.69, 9.17) is 40.3 Å². The molecule has 4 bridgehead atoms. The highest BCUT2D eigenvalue weighted by atomic mass is 35.5. The predicted octanol–water partition coefficient (Wildman–Crippen LogP) is 8.66. The third-order valence-corrected chi connectivity index (χ3v) is 14.2. The van der Waals surface area contributed by atoms with E-state index in [1.807, 2.05) is 55.5 Å². The SMILES string of the molecule is COc1ccccc1-c1nccc(COc2ccc3cc2C[C@H](C(=O)O)Oc2ncnc4sc(-c5ccc(F)cc5)c(c24)-c2ccc(c(Cl)c2C)CN(CC2(N4CCOCC4)COC2)C3)n1. The molecule has 1 atom stereocenters. The Kier molecular flexibility index (Phi) is 12.4. The van der Waals surface area contributed by atoms with Crippen molar-refractivity contribution in [3.8, 4) is 50.3 Å². The van der Waals surface area contributed by atoms with Gasteiger partial charge in [0.25, 0.3) is 0 Å². The van der Waals surface area contributed by atoms with Gasteiger partial charge in [-0.05, 0) is 76.7 Å². The van der Waals surface area contributed by atoms with Crippen molar-refractivity contribution >= 4 is 39.1 Å². The number of ether oxygens (including phenoxy) is 5. The quantitative estimate of drug-likeness (QED) is 0.140. The van der Waals surface area contributed by atoms with E-state index < -0.39 is 12.1 Å². The number of aliphatic carboxylic acids is 1. The highest BCUT2D eigenvalue weighted by molar-refractivity contribution is 7.22. The molecule has 0 saturated carbocycles. The summed E-state index contributed by atoms with van der Waals surface area (Å²) in [6, 6.07) is 25.6. The van der Waals surface area contributed by atoms with Crippen molar-refractivity contribution in [2.45, 2.75) is 44.7 Å². The largest absolute Gasteiger partial charge is 0.496 e. The van der Waals surface area contributed by atoms with Crippen LogP contribution in [0, 0.1) is 12.7 Å². The van der Waals surface area contributed by atoms with Gasteiger partial charge < -0.3 is 28.8 Å². The van der Waals surface area contributed by atoms with Crippen molar-refractivity contribution in [3.63, 3.8) is 0 Å². The van der Waals surface area contributed by atoms with E-state index in [1.165, 1.54) is 29.8 Å². The van der Waals surface area contributed by atoms with Crippen molar-refractivity contribution < 1.29 is 38.0 Å². The topological polar surface area (TPSA) is 141 Å². The zero-order valence-electron chi connectivity index (χ0n) is 36.3. The number of para-hydroxylation sites is 1. The molecule has 0 aliphatic carbocycles. The van der Waals surface area contributed by atoms with Gasteiger partial charge in [0, 0.05) is 60.8 Å². The van der Waals surface area contributed by atoms with E-state index in [1.54, 1.807) is 31.5 Å². The average Bonchev–Trinajstić information content (AvgIpc) is 3.71. The lowest BCUT2D eigenvalue weighted by atomic mass is 9.92. The molecule has 4 aliphatic heterocycles. The molecule has 2 fully saturated rings. The molecule has 7 heterocycles. The van der Waals surface area contributed by atoms with Gasteiger partial charge in [-0.15, -0.1) is 11.3 Å². The van der Waals surface area contributed by atoms with Crippen molar-refractivity contribution in [2.75, 3.05) is 53.2 Å². The smallest absolute Gasteiger partial charge is 0.345 e. The Morgan fingerprint density at radius 3 is 2.53 bits per heavy atom. The number of rotatable bonds is 10. The van der Waals surface area contributed by atoms with E-state index in [2.05, 4.69) is 30.8 Å². The summed E-state index contributed by atoms with van der Waals surface area (Å²) in [7, 11) is 1.60. The van der Waals surface area contributed by atoms with Gasteiger partial charge in [-0.1, -0.05) is 60.1 Å². The summed E-state index contributed by atoms with van der Waals surface area (Å²) >= 11 is 8.84. The average molecular weight is 929 g/mol. The van der Waals surface area contributed by atoms with Crippen molar-refractivity contribution in [1.29, 1.82) is 0 Å². The van der Waals surface area contributed by atoms with E-state index >= 15 is 0 Å². The molecule has 1 N–H and O–H groups in total. The van der Waals surface area contributed by atoms with E-state index in [9.17, 15) is 14.3 Å². The van der Waals surface area contributed by atoms with Gasteiger partial charge in [-0.25, -0.2) is 29.1 Å². The number of fused-ring (bicyclic) bond motifs is 6. The molecular formula is C50H46ClFN6O7S. The van der Waals surface area contributed by atoms with Crippen LogP contribution in [0.4, 0.5) is 4.39 Å². The highest BCUT2D eigenvalue weighted by Gasteiger charge is 2.46. The van der Waals surface area contributed by atoms with Crippen molar-refractivity contribution in [3.05, 3.63) is 136 Å². The minimum Gasteiger partial charge on any atom is -0.496 e. The number of carboxylic acids is 1. The van der Waals surface area contributed by atoms with Gasteiger partial charge >= 0.3 is 5.97 Å². The van der Waals surface area contributed by atoms with Crippen LogP contribution in [0.2, 0.25) is 5.02 Å². The van der Waals surface area contributed by atoms with Crippen LogP contribution < -0.4 is 14.2 Å². The Balaban J connectivity index is 1.09.